The lowest BCUT2D eigenvalue weighted by Gasteiger charge is -2.24. The molecule has 0 saturated carbocycles. The molecule has 1 atom stereocenters. The molecule has 1 unspecified atom stereocenters. The SMILES string of the molecule is CN(C(=O)c1cc[c]cc1)C1CCCN1. The molecule has 1 aromatic rings. The van der Waals surface area contributed by atoms with Gasteiger partial charge in [-0.15, -0.1) is 0 Å². The Balaban J connectivity index is 2.07. The number of hydrogen-bond acceptors (Lipinski definition) is 2. The Kier molecular flexibility index (Phi) is 3.02. The summed E-state index contributed by atoms with van der Waals surface area (Å²) in [6, 6.07) is 10.0. The molecule has 1 amide bonds. The van der Waals surface area contributed by atoms with Gasteiger partial charge in [0.2, 0.25) is 0 Å². The van der Waals surface area contributed by atoms with Gasteiger partial charge in [-0.05, 0) is 37.6 Å². The van der Waals surface area contributed by atoms with E-state index in [-0.39, 0.29) is 12.1 Å². The van der Waals surface area contributed by atoms with E-state index in [1.807, 2.05) is 7.05 Å². The van der Waals surface area contributed by atoms with Crippen molar-refractivity contribution >= 4 is 5.91 Å². The average molecular weight is 203 g/mol. The van der Waals surface area contributed by atoms with E-state index in [0.29, 0.717) is 0 Å². The zero-order valence-corrected chi connectivity index (χ0v) is 8.86. The van der Waals surface area contributed by atoms with E-state index in [0.717, 1.165) is 24.9 Å². The van der Waals surface area contributed by atoms with Gasteiger partial charge in [-0.3, -0.25) is 10.1 Å². The Hall–Kier alpha value is -1.35. The molecule has 1 N–H and O–H groups in total. The van der Waals surface area contributed by atoms with Crippen LogP contribution in [0.1, 0.15) is 23.2 Å². The van der Waals surface area contributed by atoms with Crippen LogP contribution in [0.15, 0.2) is 24.3 Å². The van der Waals surface area contributed by atoms with E-state index in [1.54, 1.807) is 29.2 Å². The topological polar surface area (TPSA) is 32.3 Å². The fraction of sp³-hybridized carbons (Fsp3) is 0.417. The highest BCUT2D eigenvalue weighted by Crippen LogP contribution is 2.12. The smallest absolute Gasteiger partial charge is 0.254 e. The third-order valence-electron chi connectivity index (χ3n) is 2.79. The number of benzene rings is 1. The summed E-state index contributed by atoms with van der Waals surface area (Å²) in [5, 5.41) is 3.30. The fourth-order valence-electron chi connectivity index (χ4n) is 1.87. The first-order chi connectivity index (χ1) is 7.29. The van der Waals surface area contributed by atoms with Gasteiger partial charge in [0.25, 0.3) is 5.91 Å². The predicted octanol–water partition coefficient (Wildman–Crippen LogP) is 1.27. The normalized spacial score (nSPS) is 20.2. The molecule has 3 heteroatoms. The first-order valence-corrected chi connectivity index (χ1v) is 5.25. The molecular formula is C12H15N2O. The van der Waals surface area contributed by atoms with E-state index in [2.05, 4.69) is 11.4 Å². The summed E-state index contributed by atoms with van der Waals surface area (Å²) in [4.78, 5) is 13.8. The van der Waals surface area contributed by atoms with Crippen molar-refractivity contribution in [1.29, 1.82) is 0 Å². The second-order valence-corrected chi connectivity index (χ2v) is 3.82. The van der Waals surface area contributed by atoms with Crippen molar-refractivity contribution in [2.24, 2.45) is 0 Å². The molecule has 1 aliphatic heterocycles. The third kappa shape index (κ3) is 2.18. The molecular weight excluding hydrogens is 188 g/mol. The van der Waals surface area contributed by atoms with E-state index in [9.17, 15) is 4.79 Å². The van der Waals surface area contributed by atoms with Crippen molar-refractivity contribution < 1.29 is 4.79 Å². The Morgan fingerprint density at radius 1 is 1.53 bits per heavy atom. The minimum absolute atomic E-state index is 0.0726. The van der Waals surface area contributed by atoms with E-state index in [1.165, 1.54) is 0 Å². The molecule has 0 bridgehead atoms. The predicted molar refractivity (Wildman–Crippen MR) is 58.4 cm³/mol. The van der Waals surface area contributed by atoms with Crippen molar-refractivity contribution in [2.75, 3.05) is 13.6 Å². The quantitative estimate of drug-likeness (QED) is 0.785. The van der Waals surface area contributed by atoms with Gasteiger partial charge in [-0.25, -0.2) is 0 Å². The zero-order valence-electron chi connectivity index (χ0n) is 8.86. The van der Waals surface area contributed by atoms with Crippen LogP contribution in [-0.4, -0.2) is 30.6 Å². The maximum atomic E-state index is 12.0. The van der Waals surface area contributed by atoms with Crippen molar-refractivity contribution in [3.05, 3.63) is 35.9 Å². The van der Waals surface area contributed by atoms with Crippen LogP contribution in [0, 0.1) is 6.07 Å². The van der Waals surface area contributed by atoms with Gasteiger partial charge < -0.3 is 4.90 Å². The Bertz CT molecular complexity index is 331. The maximum absolute atomic E-state index is 12.0. The number of rotatable bonds is 2. The molecule has 0 aromatic heterocycles. The van der Waals surface area contributed by atoms with Gasteiger partial charge in [0.1, 0.15) is 0 Å². The van der Waals surface area contributed by atoms with Crippen LogP contribution in [-0.2, 0) is 0 Å². The van der Waals surface area contributed by atoms with Gasteiger partial charge in [-0.1, -0.05) is 12.1 Å². The van der Waals surface area contributed by atoms with Crippen LogP contribution in [0.25, 0.3) is 0 Å². The van der Waals surface area contributed by atoms with Crippen LogP contribution in [0.3, 0.4) is 0 Å². The summed E-state index contributed by atoms with van der Waals surface area (Å²) in [5.74, 6) is 0.0726. The van der Waals surface area contributed by atoms with Gasteiger partial charge >= 0.3 is 0 Å². The van der Waals surface area contributed by atoms with Crippen molar-refractivity contribution in [3.8, 4) is 0 Å². The third-order valence-corrected chi connectivity index (χ3v) is 2.79. The molecule has 1 radical (unpaired) electrons. The van der Waals surface area contributed by atoms with Crippen LogP contribution in [0.5, 0.6) is 0 Å². The van der Waals surface area contributed by atoms with Crippen LogP contribution in [0.2, 0.25) is 0 Å². The lowest BCUT2D eigenvalue weighted by atomic mass is 10.2. The molecule has 1 aromatic carbocycles. The molecule has 1 fully saturated rings. The average Bonchev–Trinajstić information content (AvgIpc) is 2.82. The Labute approximate surface area is 90.1 Å². The lowest BCUT2D eigenvalue weighted by Crippen LogP contribution is -2.42. The fourth-order valence-corrected chi connectivity index (χ4v) is 1.87. The molecule has 0 spiro atoms. The summed E-state index contributed by atoms with van der Waals surface area (Å²) in [6.45, 7) is 1.00. The summed E-state index contributed by atoms with van der Waals surface area (Å²) in [6.07, 6.45) is 2.38. The standard InChI is InChI=1S/C12H15N2O/c1-14(11-8-5-9-13-11)12(15)10-6-3-2-4-7-10/h3-4,6-7,11,13H,5,8-9H2,1H3. The number of carbonyl (C=O) groups excluding carboxylic acids is 1. The molecule has 2 rings (SSSR count). The minimum Gasteiger partial charge on any atom is -0.326 e. The van der Waals surface area contributed by atoms with Crippen LogP contribution in [0.4, 0.5) is 0 Å². The summed E-state index contributed by atoms with van der Waals surface area (Å²) >= 11 is 0. The minimum atomic E-state index is 0.0726. The van der Waals surface area contributed by atoms with Crippen molar-refractivity contribution in [1.82, 2.24) is 10.2 Å². The number of nitrogens with one attached hydrogen (secondary N) is 1. The summed E-state index contributed by atoms with van der Waals surface area (Å²) in [5.41, 5.74) is 0.727. The van der Waals surface area contributed by atoms with E-state index < -0.39 is 0 Å². The molecule has 1 heterocycles. The molecule has 3 nitrogen and oxygen atoms in total. The first-order valence-electron chi connectivity index (χ1n) is 5.25. The second-order valence-electron chi connectivity index (χ2n) is 3.82. The van der Waals surface area contributed by atoms with Crippen LogP contribution < -0.4 is 5.32 Å². The molecule has 79 valence electrons. The number of hydrogen-bond donors (Lipinski definition) is 1. The van der Waals surface area contributed by atoms with Gasteiger partial charge in [-0.2, -0.15) is 0 Å². The molecule has 15 heavy (non-hydrogen) atoms. The maximum Gasteiger partial charge on any atom is 0.254 e. The van der Waals surface area contributed by atoms with Gasteiger partial charge in [0, 0.05) is 12.6 Å². The zero-order chi connectivity index (χ0) is 10.7. The molecule has 1 saturated heterocycles. The largest absolute Gasteiger partial charge is 0.326 e. The van der Waals surface area contributed by atoms with Crippen LogP contribution >= 0.6 is 0 Å². The van der Waals surface area contributed by atoms with E-state index >= 15 is 0 Å². The monoisotopic (exact) mass is 203 g/mol. The summed E-state index contributed by atoms with van der Waals surface area (Å²) in [7, 11) is 1.85. The lowest BCUT2D eigenvalue weighted by molar-refractivity contribution is 0.0718. The number of amides is 1. The highest BCUT2D eigenvalue weighted by atomic mass is 16.2. The number of carbonyl (C=O) groups is 1. The Morgan fingerprint density at radius 3 is 2.87 bits per heavy atom. The highest BCUT2D eigenvalue weighted by Gasteiger charge is 2.23. The van der Waals surface area contributed by atoms with Crippen molar-refractivity contribution in [3.63, 3.8) is 0 Å². The van der Waals surface area contributed by atoms with E-state index in [4.69, 9.17) is 0 Å². The highest BCUT2D eigenvalue weighted by molar-refractivity contribution is 5.94. The Morgan fingerprint density at radius 2 is 2.27 bits per heavy atom. The molecule has 0 aliphatic carbocycles. The van der Waals surface area contributed by atoms with Gasteiger partial charge in [0.15, 0.2) is 0 Å². The summed E-state index contributed by atoms with van der Waals surface area (Å²) < 4.78 is 0. The second kappa shape index (κ2) is 4.45. The number of nitrogens with zero attached hydrogens (tertiary/aromatic N) is 1. The molecule has 1 aliphatic rings. The van der Waals surface area contributed by atoms with Gasteiger partial charge in [0.05, 0.1) is 6.17 Å². The van der Waals surface area contributed by atoms with Crippen molar-refractivity contribution in [2.45, 2.75) is 19.0 Å². The first kappa shape index (κ1) is 10.2.